The van der Waals surface area contributed by atoms with Crippen molar-refractivity contribution in [1.82, 2.24) is 0 Å². The van der Waals surface area contributed by atoms with E-state index in [4.69, 9.17) is 9.47 Å². The zero-order valence-electron chi connectivity index (χ0n) is 23.1. The lowest BCUT2D eigenvalue weighted by Crippen LogP contribution is -2.14. The highest BCUT2D eigenvalue weighted by atomic mass is 79.9. The first kappa shape index (κ1) is 32.4. The maximum absolute atomic E-state index is 5.50. The van der Waals surface area contributed by atoms with Gasteiger partial charge in [0.05, 0.1) is 0 Å². The summed E-state index contributed by atoms with van der Waals surface area (Å²) in [4.78, 5) is 0. The largest absolute Gasteiger partial charge is 0.356 e. The zero-order valence-corrected chi connectivity index (χ0v) is 24.7. The number of hydrogen-bond donors (Lipinski definition) is 0. The first-order valence-electron chi connectivity index (χ1n) is 13.9. The van der Waals surface area contributed by atoms with Crippen molar-refractivity contribution in [3.63, 3.8) is 0 Å². The summed E-state index contributed by atoms with van der Waals surface area (Å²) < 4.78 is 10.7. The van der Waals surface area contributed by atoms with Gasteiger partial charge in [-0.2, -0.15) is 0 Å². The second-order valence-electron chi connectivity index (χ2n) is 11.6. The third-order valence-corrected chi connectivity index (χ3v) is 7.58. The molecule has 7 atom stereocenters. The van der Waals surface area contributed by atoms with Crippen LogP contribution in [0.4, 0.5) is 0 Å². The Morgan fingerprint density at radius 2 is 0.906 bits per heavy atom. The van der Waals surface area contributed by atoms with Gasteiger partial charge >= 0.3 is 0 Å². The molecular formula is C29H59BrO2. The SMILES string of the molecule is CCOCOCCCC(C)CC(C)CC(C)CC(C)CC(C)CC(C)CC(C)CCCBr. The third-order valence-electron chi connectivity index (χ3n) is 7.02. The highest BCUT2D eigenvalue weighted by Crippen LogP contribution is 2.30. The van der Waals surface area contributed by atoms with Gasteiger partial charge < -0.3 is 9.47 Å². The molecule has 0 aromatic heterocycles. The molecular weight excluding hydrogens is 460 g/mol. The minimum absolute atomic E-state index is 0.449. The van der Waals surface area contributed by atoms with Crippen LogP contribution in [0.2, 0.25) is 0 Å². The third kappa shape index (κ3) is 19.8. The van der Waals surface area contributed by atoms with Crippen molar-refractivity contribution in [1.29, 1.82) is 0 Å². The summed E-state index contributed by atoms with van der Waals surface area (Å²) in [7, 11) is 0. The lowest BCUT2D eigenvalue weighted by atomic mass is 9.80. The predicted molar refractivity (Wildman–Crippen MR) is 147 cm³/mol. The van der Waals surface area contributed by atoms with E-state index in [1.165, 1.54) is 57.8 Å². The molecule has 0 aliphatic rings. The maximum atomic E-state index is 5.50. The molecule has 3 heteroatoms. The number of ether oxygens (including phenoxy) is 2. The van der Waals surface area contributed by atoms with E-state index < -0.39 is 0 Å². The Balaban J connectivity index is 3.99. The Labute approximate surface area is 211 Å². The monoisotopic (exact) mass is 518 g/mol. The van der Waals surface area contributed by atoms with Crippen LogP contribution in [0.15, 0.2) is 0 Å². The summed E-state index contributed by atoms with van der Waals surface area (Å²) in [5, 5.41) is 1.15. The molecule has 0 spiro atoms. The molecule has 194 valence electrons. The van der Waals surface area contributed by atoms with Gasteiger partial charge in [-0.25, -0.2) is 0 Å². The Morgan fingerprint density at radius 3 is 1.28 bits per heavy atom. The van der Waals surface area contributed by atoms with Gasteiger partial charge in [0, 0.05) is 18.5 Å². The van der Waals surface area contributed by atoms with Gasteiger partial charge in [-0.1, -0.05) is 64.4 Å². The van der Waals surface area contributed by atoms with Crippen LogP contribution < -0.4 is 0 Å². The fourth-order valence-electron chi connectivity index (χ4n) is 6.00. The summed E-state index contributed by atoms with van der Waals surface area (Å²) >= 11 is 3.57. The molecule has 0 radical (unpaired) electrons. The second kappa shape index (κ2) is 20.7. The second-order valence-corrected chi connectivity index (χ2v) is 12.4. The molecule has 0 bridgehead atoms. The van der Waals surface area contributed by atoms with Crippen LogP contribution in [0.1, 0.15) is 120 Å². The van der Waals surface area contributed by atoms with Crippen LogP contribution in [-0.4, -0.2) is 25.3 Å². The molecule has 0 saturated heterocycles. The number of rotatable bonds is 22. The lowest BCUT2D eigenvalue weighted by molar-refractivity contribution is -0.0508. The van der Waals surface area contributed by atoms with Crippen molar-refractivity contribution in [2.24, 2.45) is 41.4 Å². The van der Waals surface area contributed by atoms with E-state index in [0.29, 0.717) is 6.79 Å². The minimum Gasteiger partial charge on any atom is -0.356 e. The fraction of sp³-hybridized carbons (Fsp3) is 1.00. The first-order chi connectivity index (χ1) is 15.2. The molecule has 0 aliphatic carbocycles. The van der Waals surface area contributed by atoms with E-state index in [1.807, 2.05) is 6.92 Å². The Bertz CT molecular complexity index is 403. The van der Waals surface area contributed by atoms with Crippen LogP contribution >= 0.6 is 15.9 Å². The van der Waals surface area contributed by atoms with Crippen LogP contribution in [0.3, 0.4) is 0 Å². The Morgan fingerprint density at radius 1 is 0.531 bits per heavy atom. The van der Waals surface area contributed by atoms with E-state index in [9.17, 15) is 0 Å². The van der Waals surface area contributed by atoms with Gasteiger partial charge in [0.1, 0.15) is 6.79 Å². The van der Waals surface area contributed by atoms with Crippen LogP contribution in [0.5, 0.6) is 0 Å². The molecule has 32 heavy (non-hydrogen) atoms. The lowest BCUT2D eigenvalue weighted by Gasteiger charge is -2.26. The highest BCUT2D eigenvalue weighted by Gasteiger charge is 2.18. The van der Waals surface area contributed by atoms with E-state index >= 15 is 0 Å². The standard InChI is InChI=1S/C29H59BrO2/c1-9-31-22-32-15-11-13-24(3)17-26(5)19-28(7)21-29(8)20-27(6)18-25(4)16-23(2)12-10-14-30/h23-29H,9-22H2,1-8H3. The number of alkyl halides is 1. The Hall–Kier alpha value is 0.400. The van der Waals surface area contributed by atoms with Crippen LogP contribution in [0.25, 0.3) is 0 Å². The first-order valence-corrected chi connectivity index (χ1v) is 15.0. The van der Waals surface area contributed by atoms with Crippen molar-refractivity contribution in [2.75, 3.05) is 25.3 Å². The van der Waals surface area contributed by atoms with Crippen LogP contribution in [-0.2, 0) is 9.47 Å². The summed E-state index contributed by atoms with van der Waals surface area (Å²) in [6.07, 6.45) is 13.4. The average Bonchev–Trinajstić information content (AvgIpc) is 2.68. The molecule has 0 aliphatic heterocycles. The highest BCUT2D eigenvalue weighted by molar-refractivity contribution is 9.09. The normalized spacial score (nSPS) is 18.7. The van der Waals surface area contributed by atoms with Crippen molar-refractivity contribution >= 4 is 15.9 Å². The fourth-order valence-corrected chi connectivity index (χ4v) is 6.32. The van der Waals surface area contributed by atoms with E-state index in [2.05, 4.69) is 64.4 Å². The van der Waals surface area contributed by atoms with E-state index in [1.54, 1.807) is 0 Å². The van der Waals surface area contributed by atoms with E-state index in [0.717, 1.165) is 66.4 Å². The smallest absolute Gasteiger partial charge is 0.146 e. The summed E-state index contributed by atoms with van der Waals surface area (Å²) in [6, 6.07) is 0. The maximum Gasteiger partial charge on any atom is 0.146 e. The average molecular weight is 520 g/mol. The van der Waals surface area contributed by atoms with Crippen molar-refractivity contribution in [3.05, 3.63) is 0 Å². The molecule has 2 nitrogen and oxygen atoms in total. The number of hydrogen-bond acceptors (Lipinski definition) is 2. The summed E-state index contributed by atoms with van der Waals surface area (Å²) in [6.45, 7) is 21.3. The zero-order chi connectivity index (χ0) is 24.4. The van der Waals surface area contributed by atoms with Gasteiger partial charge in [0.25, 0.3) is 0 Å². The topological polar surface area (TPSA) is 18.5 Å². The minimum atomic E-state index is 0.449. The summed E-state index contributed by atoms with van der Waals surface area (Å²) in [5.41, 5.74) is 0. The molecule has 7 unspecified atom stereocenters. The van der Waals surface area contributed by atoms with Gasteiger partial charge in [-0.05, 0) is 113 Å². The molecule has 0 aromatic carbocycles. The molecule has 0 saturated carbocycles. The van der Waals surface area contributed by atoms with Crippen LogP contribution in [0, 0.1) is 41.4 Å². The molecule has 0 rings (SSSR count). The summed E-state index contributed by atoms with van der Waals surface area (Å²) in [5.74, 6) is 5.92. The van der Waals surface area contributed by atoms with Gasteiger partial charge in [0.15, 0.2) is 0 Å². The molecule has 0 amide bonds. The quantitative estimate of drug-likeness (QED) is 0.0805. The van der Waals surface area contributed by atoms with Crippen molar-refractivity contribution in [3.8, 4) is 0 Å². The molecule has 0 aromatic rings. The van der Waals surface area contributed by atoms with Crippen molar-refractivity contribution < 1.29 is 9.47 Å². The predicted octanol–water partition coefficient (Wildman–Crippen LogP) is 9.75. The van der Waals surface area contributed by atoms with E-state index in [-0.39, 0.29) is 0 Å². The van der Waals surface area contributed by atoms with Crippen molar-refractivity contribution in [2.45, 2.75) is 120 Å². The molecule has 0 fully saturated rings. The Kier molecular flexibility index (Phi) is 21.0. The molecule has 0 N–H and O–H groups in total. The van der Waals surface area contributed by atoms with Gasteiger partial charge in [0.2, 0.25) is 0 Å². The molecule has 0 heterocycles. The number of halogens is 1. The van der Waals surface area contributed by atoms with Gasteiger partial charge in [-0.15, -0.1) is 0 Å². The van der Waals surface area contributed by atoms with Gasteiger partial charge in [-0.3, -0.25) is 0 Å².